The summed E-state index contributed by atoms with van der Waals surface area (Å²) in [5.74, 6) is 0. The number of ether oxygens (including phenoxy) is 2. The fourth-order valence-electron chi connectivity index (χ4n) is 2.43. The Morgan fingerprint density at radius 1 is 1.33 bits per heavy atom. The van der Waals surface area contributed by atoms with Gasteiger partial charge in [-0.3, -0.25) is 4.98 Å². The molecule has 2 N–H and O–H groups in total. The summed E-state index contributed by atoms with van der Waals surface area (Å²) in [6.45, 7) is 2.21. The number of hydrogen-bond acceptors (Lipinski definition) is 6. The molecule has 0 spiro atoms. The standard InChI is InChI=1S/C17H19ClN4O2/c18-16-3-2-14-15(22-16)8-12(11-21-14)13(9-19)10-20-5-4-17-23-6-1-7-24-17/h2-3,8-11,17,19-20H,1,4-7H2/b13-10+,19-9?. The molecule has 1 aliphatic heterocycles. The second-order valence-electron chi connectivity index (χ2n) is 5.41. The highest BCUT2D eigenvalue weighted by Gasteiger charge is 2.13. The lowest BCUT2D eigenvalue weighted by molar-refractivity contribution is -0.180. The van der Waals surface area contributed by atoms with Crippen LogP contribution in [0.15, 0.2) is 30.6 Å². The second kappa shape index (κ2) is 8.19. The summed E-state index contributed by atoms with van der Waals surface area (Å²) >= 11 is 5.93. The summed E-state index contributed by atoms with van der Waals surface area (Å²) in [7, 11) is 0. The maximum Gasteiger partial charge on any atom is 0.159 e. The van der Waals surface area contributed by atoms with Crippen LogP contribution in [-0.4, -0.2) is 42.2 Å². The van der Waals surface area contributed by atoms with E-state index in [1.54, 1.807) is 18.5 Å². The maximum absolute atomic E-state index is 7.62. The minimum atomic E-state index is -0.142. The first kappa shape index (κ1) is 16.8. The fraction of sp³-hybridized carbons (Fsp3) is 0.353. The van der Waals surface area contributed by atoms with Crippen LogP contribution >= 0.6 is 11.6 Å². The third-order valence-electron chi connectivity index (χ3n) is 3.67. The summed E-state index contributed by atoms with van der Waals surface area (Å²) in [6, 6.07) is 5.41. The van der Waals surface area contributed by atoms with E-state index in [1.807, 2.05) is 12.1 Å². The third kappa shape index (κ3) is 4.29. The van der Waals surface area contributed by atoms with Crippen molar-refractivity contribution >= 4 is 34.4 Å². The molecule has 7 heteroatoms. The Morgan fingerprint density at radius 2 is 2.17 bits per heavy atom. The molecule has 0 saturated carbocycles. The van der Waals surface area contributed by atoms with Crippen LogP contribution < -0.4 is 5.32 Å². The highest BCUT2D eigenvalue weighted by Crippen LogP contribution is 2.18. The maximum atomic E-state index is 7.62. The highest BCUT2D eigenvalue weighted by molar-refractivity contribution is 6.29. The molecule has 6 nitrogen and oxygen atoms in total. The normalized spacial score (nSPS) is 16.3. The minimum absolute atomic E-state index is 0.142. The quantitative estimate of drug-likeness (QED) is 0.477. The average Bonchev–Trinajstić information content (AvgIpc) is 2.62. The molecule has 0 unspecified atom stereocenters. The molecular formula is C17H19ClN4O2. The van der Waals surface area contributed by atoms with Gasteiger partial charge in [-0.1, -0.05) is 11.6 Å². The van der Waals surface area contributed by atoms with E-state index in [-0.39, 0.29) is 6.29 Å². The van der Waals surface area contributed by atoms with Crippen molar-refractivity contribution in [3.05, 3.63) is 41.3 Å². The van der Waals surface area contributed by atoms with Crippen LogP contribution in [0.5, 0.6) is 0 Å². The number of nitrogens with one attached hydrogen (secondary N) is 2. The third-order valence-corrected chi connectivity index (χ3v) is 3.88. The zero-order valence-electron chi connectivity index (χ0n) is 13.2. The van der Waals surface area contributed by atoms with Gasteiger partial charge in [0.25, 0.3) is 0 Å². The second-order valence-corrected chi connectivity index (χ2v) is 5.79. The summed E-state index contributed by atoms with van der Waals surface area (Å²) in [5.41, 5.74) is 3.00. The highest BCUT2D eigenvalue weighted by atomic mass is 35.5. The van der Waals surface area contributed by atoms with E-state index in [9.17, 15) is 0 Å². The Kier molecular flexibility index (Phi) is 5.74. The molecule has 0 amide bonds. The molecule has 24 heavy (non-hydrogen) atoms. The SMILES string of the molecule is N=C/C(=C\NCCC1OCCCO1)c1cnc2ccc(Cl)nc2c1. The van der Waals surface area contributed by atoms with Gasteiger partial charge in [0, 0.05) is 42.7 Å². The van der Waals surface area contributed by atoms with Crippen molar-refractivity contribution in [2.24, 2.45) is 0 Å². The van der Waals surface area contributed by atoms with Crippen molar-refractivity contribution in [2.45, 2.75) is 19.1 Å². The van der Waals surface area contributed by atoms with E-state index in [0.717, 1.165) is 42.7 Å². The molecule has 3 heterocycles. The van der Waals surface area contributed by atoms with Gasteiger partial charge in [-0.2, -0.15) is 0 Å². The van der Waals surface area contributed by atoms with Gasteiger partial charge in [0.15, 0.2) is 6.29 Å². The van der Waals surface area contributed by atoms with E-state index < -0.39 is 0 Å². The topological polar surface area (TPSA) is 80.1 Å². The number of rotatable bonds is 6. The molecule has 0 atom stereocenters. The van der Waals surface area contributed by atoms with Gasteiger partial charge in [0.2, 0.25) is 0 Å². The number of halogens is 1. The van der Waals surface area contributed by atoms with E-state index in [1.165, 1.54) is 6.21 Å². The van der Waals surface area contributed by atoms with Gasteiger partial charge in [-0.05, 0) is 24.6 Å². The van der Waals surface area contributed by atoms with Gasteiger partial charge in [0.1, 0.15) is 5.15 Å². The Morgan fingerprint density at radius 3 is 2.96 bits per heavy atom. The van der Waals surface area contributed by atoms with Crippen LogP contribution in [0.1, 0.15) is 18.4 Å². The molecule has 0 aromatic carbocycles. The molecule has 1 fully saturated rings. The van der Waals surface area contributed by atoms with E-state index in [2.05, 4.69) is 15.3 Å². The smallest absolute Gasteiger partial charge is 0.159 e. The predicted molar refractivity (Wildman–Crippen MR) is 94.2 cm³/mol. The number of allylic oxidation sites excluding steroid dienone is 1. The minimum Gasteiger partial charge on any atom is -0.390 e. The molecule has 2 aromatic rings. The van der Waals surface area contributed by atoms with Crippen molar-refractivity contribution in [3.63, 3.8) is 0 Å². The lowest BCUT2D eigenvalue weighted by Gasteiger charge is -2.23. The molecule has 126 valence electrons. The number of aromatic nitrogens is 2. The Labute approximate surface area is 145 Å². The van der Waals surface area contributed by atoms with Crippen LogP contribution in [0, 0.1) is 5.41 Å². The van der Waals surface area contributed by atoms with Gasteiger partial charge in [-0.25, -0.2) is 4.98 Å². The molecule has 1 saturated heterocycles. The van der Waals surface area contributed by atoms with E-state index in [0.29, 0.717) is 17.2 Å². The van der Waals surface area contributed by atoms with Crippen molar-refractivity contribution in [2.75, 3.05) is 19.8 Å². The van der Waals surface area contributed by atoms with Crippen molar-refractivity contribution in [1.82, 2.24) is 15.3 Å². The predicted octanol–water partition coefficient (Wildman–Crippen LogP) is 3.02. The van der Waals surface area contributed by atoms with E-state index in [4.69, 9.17) is 26.5 Å². The first-order valence-electron chi connectivity index (χ1n) is 7.86. The first-order chi connectivity index (χ1) is 11.8. The molecule has 0 aliphatic carbocycles. The summed E-state index contributed by atoms with van der Waals surface area (Å²) in [5, 5.41) is 11.2. The number of fused-ring (bicyclic) bond motifs is 1. The van der Waals surface area contributed by atoms with Crippen molar-refractivity contribution < 1.29 is 9.47 Å². The number of nitrogens with zero attached hydrogens (tertiary/aromatic N) is 2. The largest absolute Gasteiger partial charge is 0.390 e. The molecule has 0 bridgehead atoms. The summed E-state index contributed by atoms with van der Waals surface area (Å²) in [4.78, 5) is 8.62. The van der Waals surface area contributed by atoms with Gasteiger partial charge in [-0.15, -0.1) is 0 Å². The first-order valence-corrected chi connectivity index (χ1v) is 8.24. The fourth-order valence-corrected chi connectivity index (χ4v) is 2.59. The van der Waals surface area contributed by atoms with Crippen LogP contribution in [0.3, 0.4) is 0 Å². The molecule has 0 radical (unpaired) electrons. The Hall–Kier alpha value is -2.02. The Bertz CT molecular complexity index is 744. The summed E-state index contributed by atoms with van der Waals surface area (Å²) in [6.07, 6.45) is 6.38. The van der Waals surface area contributed by atoms with Crippen LogP contribution in [0.2, 0.25) is 5.15 Å². The molecule has 2 aromatic heterocycles. The van der Waals surface area contributed by atoms with E-state index >= 15 is 0 Å². The van der Waals surface area contributed by atoms with Gasteiger partial charge < -0.3 is 20.2 Å². The zero-order chi connectivity index (χ0) is 16.8. The summed E-state index contributed by atoms with van der Waals surface area (Å²) < 4.78 is 11.0. The van der Waals surface area contributed by atoms with Crippen LogP contribution in [0.4, 0.5) is 0 Å². The number of pyridine rings is 2. The molecular weight excluding hydrogens is 328 g/mol. The lowest BCUT2D eigenvalue weighted by Crippen LogP contribution is -2.27. The van der Waals surface area contributed by atoms with Crippen LogP contribution in [0.25, 0.3) is 16.6 Å². The lowest BCUT2D eigenvalue weighted by atomic mass is 10.1. The van der Waals surface area contributed by atoms with Gasteiger partial charge in [0.05, 0.1) is 24.2 Å². The van der Waals surface area contributed by atoms with Crippen LogP contribution in [-0.2, 0) is 9.47 Å². The molecule has 3 rings (SSSR count). The van der Waals surface area contributed by atoms with Gasteiger partial charge >= 0.3 is 0 Å². The Balaban J connectivity index is 1.65. The van der Waals surface area contributed by atoms with Crippen molar-refractivity contribution in [3.8, 4) is 0 Å². The zero-order valence-corrected chi connectivity index (χ0v) is 13.9. The van der Waals surface area contributed by atoms with Crippen molar-refractivity contribution in [1.29, 1.82) is 5.41 Å². The number of hydrogen-bond donors (Lipinski definition) is 2. The monoisotopic (exact) mass is 346 g/mol. The molecule has 1 aliphatic rings. The average molecular weight is 347 g/mol.